The van der Waals surface area contributed by atoms with E-state index >= 15 is 0 Å². The summed E-state index contributed by atoms with van der Waals surface area (Å²) >= 11 is 0. The molecule has 1 aromatic heterocycles. The van der Waals surface area contributed by atoms with E-state index in [4.69, 9.17) is 5.11 Å². The molecule has 0 bridgehead atoms. The van der Waals surface area contributed by atoms with Gasteiger partial charge in [-0.25, -0.2) is 4.79 Å². The molecule has 0 fully saturated rings. The van der Waals surface area contributed by atoms with Crippen LogP contribution in [0.3, 0.4) is 0 Å². The Kier molecular flexibility index (Phi) is 4.45. The summed E-state index contributed by atoms with van der Waals surface area (Å²) in [5.74, 6) is -1.03. The number of likely N-dealkylation sites (N-methyl/N-ethyl adjacent to an activating group) is 1. The number of aromatic nitrogens is 1. The van der Waals surface area contributed by atoms with Gasteiger partial charge in [0.05, 0.1) is 0 Å². The molecule has 0 aliphatic heterocycles. The van der Waals surface area contributed by atoms with Crippen LogP contribution in [0, 0.1) is 0 Å². The summed E-state index contributed by atoms with van der Waals surface area (Å²) in [7, 11) is 3.08. The van der Waals surface area contributed by atoms with Gasteiger partial charge in [-0.2, -0.15) is 0 Å². The number of carboxylic acids is 1. The topological polar surface area (TPSA) is 73.7 Å². The van der Waals surface area contributed by atoms with E-state index < -0.39 is 5.97 Å². The average molecular weight is 237 g/mol. The van der Waals surface area contributed by atoms with E-state index in [0.717, 1.165) is 10.5 Å². The first-order valence-corrected chi connectivity index (χ1v) is 5.07. The Labute approximate surface area is 99.5 Å². The van der Waals surface area contributed by atoms with Gasteiger partial charge in [0.25, 0.3) is 0 Å². The third kappa shape index (κ3) is 4.10. The first-order chi connectivity index (χ1) is 8.00. The molecule has 1 rings (SSSR count). The molecule has 92 valence electrons. The fraction of sp³-hybridized carbons (Fsp3) is 0.364. The van der Waals surface area contributed by atoms with E-state index in [1.165, 1.54) is 11.9 Å². The first-order valence-electron chi connectivity index (χ1n) is 5.07. The van der Waals surface area contributed by atoms with Gasteiger partial charge < -0.3 is 14.9 Å². The highest BCUT2D eigenvalue weighted by atomic mass is 16.4. The zero-order valence-electron chi connectivity index (χ0n) is 9.83. The van der Waals surface area contributed by atoms with Crippen molar-refractivity contribution in [2.75, 3.05) is 20.6 Å². The number of carbonyl (C=O) groups excluding carboxylic acids is 1. The van der Waals surface area contributed by atoms with Gasteiger partial charge in [0.15, 0.2) is 0 Å². The minimum Gasteiger partial charge on any atom is -0.480 e. The molecule has 17 heavy (non-hydrogen) atoms. The number of carbonyl (C=O) groups is 2. The molecule has 0 aliphatic carbocycles. The van der Waals surface area contributed by atoms with E-state index in [9.17, 15) is 9.59 Å². The predicted octanol–water partition coefficient (Wildman–Crippen LogP) is 0.650. The van der Waals surface area contributed by atoms with Crippen LogP contribution in [0.15, 0.2) is 24.5 Å². The Hall–Kier alpha value is -2.11. The molecule has 0 spiro atoms. The van der Waals surface area contributed by atoms with Gasteiger partial charge in [0, 0.05) is 33.0 Å². The molecule has 0 aromatic carbocycles. The molecular formula is C11H15N3O3. The van der Waals surface area contributed by atoms with Crippen LogP contribution in [0.5, 0.6) is 0 Å². The van der Waals surface area contributed by atoms with E-state index in [1.54, 1.807) is 31.6 Å². The van der Waals surface area contributed by atoms with Crippen molar-refractivity contribution in [1.29, 1.82) is 0 Å². The van der Waals surface area contributed by atoms with Crippen molar-refractivity contribution in [1.82, 2.24) is 14.8 Å². The lowest BCUT2D eigenvalue weighted by Crippen LogP contribution is -2.40. The van der Waals surface area contributed by atoms with Crippen molar-refractivity contribution in [3.63, 3.8) is 0 Å². The number of hydrogen-bond donors (Lipinski definition) is 1. The van der Waals surface area contributed by atoms with Crippen LogP contribution in [-0.4, -0.2) is 52.5 Å². The highest BCUT2D eigenvalue weighted by molar-refractivity contribution is 5.79. The molecule has 0 unspecified atom stereocenters. The summed E-state index contributed by atoms with van der Waals surface area (Å²) in [6.45, 7) is 0.116. The molecule has 6 heteroatoms. The van der Waals surface area contributed by atoms with Crippen molar-refractivity contribution >= 4 is 12.0 Å². The fourth-order valence-corrected chi connectivity index (χ4v) is 1.39. The number of pyridine rings is 1. The summed E-state index contributed by atoms with van der Waals surface area (Å²) in [6.07, 6.45) is 3.29. The molecule has 0 saturated heterocycles. The van der Waals surface area contributed by atoms with Gasteiger partial charge in [0.1, 0.15) is 6.54 Å². The fourth-order valence-electron chi connectivity index (χ4n) is 1.39. The van der Waals surface area contributed by atoms with Crippen molar-refractivity contribution in [3.05, 3.63) is 30.1 Å². The normalized spacial score (nSPS) is 9.76. The van der Waals surface area contributed by atoms with Gasteiger partial charge in [0.2, 0.25) is 0 Å². The Morgan fingerprint density at radius 2 is 1.82 bits per heavy atom. The number of aliphatic carboxylic acids is 1. The summed E-state index contributed by atoms with van der Waals surface area (Å²) in [6, 6.07) is 3.28. The van der Waals surface area contributed by atoms with Gasteiger partial charge in [-0.05, 0) is 17.7 Å². The molecule has 0 radical (unpaired) electrons. The average Bonchev–Trinajstić information content (AvgIpc) is 2.28. The van der Waals surface area contributed by atoms with E-state index in [2.05, 4.69) is 4.98 Å². The lowest BCUT2D eigenvalue weighted by atomic mass is 10.2. The van der Waals surface area contributed by atoms with Crippen LogP contribution in [0.4, 0.5) is 4.79 Å². The molecule has 1 N–H and O–H groups in total. The smallest absolute Gasteiger partial charge is 0.323 e. The third-order valence-electron chi connectivity index (χ3n) is 2.19. The predicted molar refractivity (Wildman–Crippen MR) is 61.4 cm³/mol. The number of amides is 2. The molecule has 6 nitrogen and oxygen atoms in total. The largest absolute Gasteiger partial charge is 0.480 e. The van der Waals surface area contributed by atoms with Crippen molar-refractivity contribution in [3.8, 4) is 0 Å². The maximum Gasteiger partial charge on any atom is 0.323 e. The lowest BCUT2D eigenvalue weighted by molar-refractivity contribution is -0.137. The van der Waals surface area contributed by atoms with Crippen LogP contribution in [0.2, 0.25) is 0 Å². The van der Waals surface area contributed by atoms with E-state index in [1.807, 2.05) is 0 Å². The molecule has 2 amide bonds. The standard InChI is InChI=1S/C11H15N3O3/c1-13(7-9-3-5-12-6-4-9)11(17)14(2)8-10(15)16/h3-6H,7-8H2,1-2H3,(H,15,16). The Balaban J connectivity index is 2.55. The maximum absolute atomic E-state index is 11.8. The number of urea groups is 1. The van der Waals surface area contributed by atoms with Crippen molar-refractivity contribution < 1.29 is 14.7 Å². The second-order valence-corrected chi connectivity index (χ2v) is 3.74. The Morgan fingerprint density at radius 1 is 1.24 bits per heavy atom. The van der Waals surface area contributed by atoms with Crippen LogP contribution in [-0.2, 0) is 11.3 Å². The molecule has 0 atom stereocenters. The van der Waals surface area contributed by atoms with Crippen LogP contribution >= 0.6 is 0 Å². The molecule has 0 saturated carbocycles. The Morgan fingerprint density at radius 3 is 2.35 bits per heavy atom. The second kappa shape index (κ2) is 5.83. The maximum atomic E-state index is 11.8. The van der Waals surface area contributed by atoms with Crippen molar-refractivity contribution in [2.45, 2.75) is 6.54 Å². The van der Waals surface area contributed by atoms with Gasteiger partial charge in [-0.1, -0.05) is 0 Å². The highest BCUT2D eigenvalue weighted by Gasteiger charge is 2.16. The number of rotatable bonds is 4. The monoisotopic (exact) mass is 237 g/mol. The summed E-state index contributed by atoms with van der Waals surface area (Å²) in [4.78, 5) is 28.7. The van der Waals surface area contributed by atoms with Crippen molar-refractivity contribution in [2.24, 2.45) is 0 Å². The zero-order chi connectivity index (χ0) is 12.8. The van der Waals surface area contributed by atoms with Crippen LogP contribution in [0.1, 0.15) is 5.56 Å². The third-order valence-corrected chi connectivity index (χ3v) is 2.19. The quantitative estimate of drug-likeness (QED) is 0.834. The number of hydrogen-bond acceptors (Lipinski definition) is 3. The lowest BCUT2D eigenvalue weighted by Gasteiger charge is -2.23. The van der Waals surface area contributed by atoms with Gasteiger partial charge in [-0.3, -0.25) is 9.78 Å². The molecule has 0 aliphatic rings. The summed E-state index contributed by atoms with van der Waals surface area (Å²) < 4.78 is 0. The van der Waals surface area contributed by atoms with E-state index in [0.29, 0.717) is 6.54 Å². The first kappa shape index (κ1) is 13.0. The Bertz CT molecular complexity index is 394. The summed E-state index contributed by atoms with van der Waals surface area (Å²) in [5.41, 5.74) is 0.944. The van der Waals surface area contributed by atoms with Crippen LogP contribution < -0.4 is 0 Å². The van der Waals surface area contributed by atoms with Gasteiger partial charge in [-0.15, -0.1) is 0 Å². The van der Waals surface area contributed by atoms with E-state index in [-0.39, 0.29) is 12.6 Å². The number of carboxylic acid groups (broad SMARTS) is 1. The zero-order valence-corrected chi connectivity index (χ0v) is 9.83. The SMILES string of the molecule is CN(CC(=O)O)C(=O)N(C)Cc1ccncc1. The molecule has 1 aromatic rings. The second-order valence-electron chi connectivity index (χ2n) is 3.74. The molecular weight excluding hydrogens is 222 g/mol. The van der Waals surface area contributed by atoms with Crippen LogP contribution in [0.25, 0.3) is 0 Å². The summed E-state index contributed by atoms with van der Waals surface area (Å²) in [5, 5.41) is 8.58. The highest BCUT2D eigenvalue weighted by Crippen LogP contribution is 2.03. The minimum atomic E-state index is -1.03. The molecule has 1 heterocycles. The minimum absolute atomic E-state index is 0.306. The number of nitrogens with zero attached hydrogens (tertiary/aromatic N) is 3. The van der Waals surface area contributed by atoms with Gasteiger partial charge >= 0.3 is 12.0 Å².